The minimum absolute atomic E-state index is 0.0702. The zero-order valence-corrected chi connectivity index (χ0v) is 19.6. The number of carbonyl (C=O) groups is 2. The molecule has 0 aliphatic carbocycles. The lowest BCUT2D eigenvalue weighted by atomic mass is 10.0. The number of nitrogens with zero attached hydrogens (tertiary/aromatic N) is 2. The van der Waals surface area contributed by atoms with Gasteiger partial charge in [-0.25, -0.2) is 4.68 Å². The molecule has 2 N–H and O–H groups in total. The number of aromatic nitrogens is 2. The van der Waals surface area contributed by atoms with Gasteiger partial charge in [-0.3, -0.25) is 9.59 Å². The summed E-state index contributed by atoms with van der Waals surface area (Å²) in [5, 5.41) is 10.8. The van der Waals surface area contributed by atoms with Gasteiger partial charge in [0.05, 0.1) is 37.0 Å². The van der Waals surface area contributed by atoms with Crippen LogP contribution in [0.5, 0.6) is 11.5 Å². The molecule has 1 atom stereocenters. The number of methoxy groups -OCH3 is 2. The highest BCUT2D eigenvalue weighted by Crippen LogP contribution is 2.41. The summed E-state index contributed by atoms with van der Waals surface area (Å²) < 4.78 is 12.4. The van der Waals surface area contributed by atoms with E-state index in [0.717, 1.165) is 22.4 Å². The highest BCUT2D eigenvalue weighted by molar-refractivity contribution is 6.33. The summed E-state index contributed by atoms with van der Waals surface area (Å²) in [6.45, 7) is 3.91. The molecule has 0 bridgehead atoms. The molecular weight excluding hydrogens is 444 g/mol. The van der Waals surface area contributed by atoms with Crippen molar-refractivity contribution in [3.8, 4) is 22.6 Å². The number of hydrogen-bond donors (Lipinski definition) is 2. The van der Waals surface area contributed by atoms with Crippen molar-refractivity contribution < 1.29 is 19.1 Å². The van der Waals surface area contributed by atoms with E-state index < -0.39 is 6.04 Å². The Hall–Kier alpha value is -3.52. The Morgan fingerprint density at radius 3 is 2.61 bits per heavy atom. The third-order valence-electron chi connectivity index (χ3n) is 5.61. The van der Waals surface area contributed by atoms with Crippen molar-refractivity contribution in [2.24, 2.45) is 0 Å². The second kappa shape index (κ2) is 9.15. The van der Waals surface area contributed by atoms with Crippen LogP contribution >= 0.6 is 11.6 Å². The Morgan fingerprint density at radius 2 is 1.94 bits per heavy atom. The zero-order valence-electron chi connectivity index (χ0n) is 18.9. The minimum atomic E-state index is -0.761. The average Bonchev–Trinajstić information content (AvgIpc) is 3.30. The third kappa shape index (κ3) is 4.26. The van der Waals surface area contributed by atoms with Crippen molar-refractivity contribution in [1.82, 2.24) is 9.78 Å². The Balaban J connectivity index is 1.64. The van der Waals surface area contributed by atoms with E-state index in [-0.39, 0.29) is 18.2 Å². The maximum absolute atomic E-state index is 12.8. The lowest BCUT2D eigenvalue weighted by Crippen LogP contribution is -2.24. The van der Waals surface area contributed by atoms with Crippen LogP contribution in [-0.4, -0.2) is 35.8 Å². The van der Waals surface area contributed by atoms with E-state index in [9.17, 15) is 9.59 Å². The Kier molecular flexibility index (Phi) is 6.29. The van der Waals surface area contributed by atoms with Crippen molar-refractivity contribution in [3.05, 3.63) is 52.7 Å². The number of carbonyl (C=O) groups excluding carboxylic acids is 2. The van der Waals surface area contributed by atoms with E-state index >= 15 is 0 Å². The van der Waals surface area contributed by atoms with Gasteiger partial charge in [0.25, 0.3) is 5.91 Å². The Bertz CT molecular complexity index is 1240. The molecular formula is C24H25ClN4O4. The van der Waals surface area contributed by atoms with E-state index in [1.165, 1.54) is 0 Å². The quantitative estimate of drug-likeness (QED) is 0.528. The first-order chi connectivity index (χ1) is 15.9. The van der Waals surface area contributed by atoms with Crippen LogP contribution in [0.1, 0.15) is 30.6 Å². The van der Waals surface area contributed by atoms with E-state index in [2.05, 4.69) is 15.7 Å². The number of aryl methyl sites for hydroxylation is 2. The van der Waals surface area contributed by atoms with Gasteiger partial charge in [0.1, 0.15) is 11.9 Å². The van der Waals surface area contributed by atoms with E-state index in [1.807, 2.05) is 38.1 Å². The number of halogens is 1. The van der Waals surface area contributed by atoms with Crippen LogP contribution in [0.15, 0.2) is 36.4 Å². The molecule has 8 nitrogen and oxygen atoms in total. The largest absolute Gasteiger partial charge is 0.493 e. The second-order valence-corrected chi connectivity index (χ2v) is 8.19. The molecule has 1 unspecified atom stereocenters. The lowest BCUT2D eigenvalue weighted by molar-refractivity contribution is -0.123. The van der Waals surface area contributed by atoms with Crippen molar-refractivity contribution >= 4 is 34.9 Å². The Labute approximate surface area is 196 Å². The maximum atomic E-state index is 12.8. The van der Waals surface area contributed by atoms with Gasteiger partial charge in [-0.2, -0.15) is 5.10 Å². The van der Waals surface area contributed by atoms with Crippen LogP contribution in [-0.2, 0) is 16.0 Å². The molecule has 1 aliphatic heterocycles. The van der Waals surface area contributed by atoms with Gasteiger partial charge in [-0.15, -0.1) is 0 Å². The summed E-state index contributed by atoms with van der Waals surface area (Å²) in [6.07, 6.45) is 0.580. The predicted octanol–water partition coefficient (Wildman–Crippen LogP) is 4.61. The van der Waals surface area contributed by atoms with Crippen LogP contribution in [0, 0.1) is 6.92 Å². The van der Waals surface area contributed by atoms with Crippen LogP contribution in [0.4, 0.5) is 11.5 Å². The van der Waals surface area contributed by atoms with Gasteiger partial charge in [-0.05, 0) is 48.7 Å². The molecule has 2 amide bonds. The average molecular weight is 469 g/mol. The smallest absolute Gasteiger partial charge is 0.251 e. The van der Waals surface area contributed by atoms with Gasteiger partial charge in [0.2, 0.25) is 5.91 Å². The first kappa shape index (κ1) is 22.7. The molecule has 172 valence electrons. The molecule has 1 aromatic heterocycles. The van der Waals surface area contributed by atoms with Crippen molar-refractivity contribution in [1.29, 1.82) is 0 Å². The van der Waals surface area contributed by atoms with Gasteiger partial charge in [0, 0.05) is 5.56 Å². The van der Waals surface area contributed by atoms with E-state index in [1.54, 1.807) is 31.0 Å². The standard InChI is InChI=1S/C24H25ClN4O4/c1-5-16-22(14-7-9-19(32-3)20(11-14)33-4)23-27-24(31)18(29(23)28-16)12-21(30)26-17-8-6-13(2)10-15(17)25/h6-11,18H,5,12H2,1-4H3,(H,26,30)(H,27,31). The van der Waals surface area contributed by atoms with Gasteiger partial charge in [-0.1, -0.05) is 30.7 Å². The van der Waals surface area contributed by atoms with E-state index in [0.29, 0.717) is 34.4 Å². The summed E-state index contributed by atoms with van der Waals surface area (Å²) in [5.74, 6) is 1.14. The third-order valence-corrected chi connectivity index (χ3v) is 5.92. The summed E-state index contributed by atoms with van der Waals surface area (Å²) in [6, 6.07) is 10.2. The fraction of sp³-hybridized carbons (Fsp3) is 0.292. The first-order valence-electron chi connectivity index (χ1n) is 10.6. The molecule has 0 fully saturated rings. The number of nitrogens with one attached hydrogen (secondary N) is 2. The predicted molar refractivity (Wildman–Crippen MR) is 127 cm³/mol. The van der Waals surface area contributed by atoms with Gasteiger partial charge >= 0.3 is 0 Å². The van der Waals surface area contributed by atoms with Crippen molar-refractivity contribution in [2.45, 2.75) is 32.7 Å². The number of amides is 2. The van der Waals surface area contributed by atoms with Crippen LogP contribution in [0.3, 0.4) is 0 Å². The highest BCUT2D eigenvalue weighted by atomic mass is 35.5. The summed E-state index contributed by atoms with van der Waals surface area (Å²) in [4.78, 5) is 25.5. The number of fused-ring (bicyclic) bond motifs is 1. The molecule has 0 spiro atoms. The molecule has 0 radical (unpaired) electrons. The summed E-state index contributed by atoms with van der Waals surface area (Å²) >= 11 is 6.23. The molecule has 9 heteroatoms. The molecule has 4 rings (SSSR count). The normalized spacial score (nSPS) is 14.6. The molecule has 0 saturated heterocycles. The summed E-state index contributed by atoms with van der Waals surface area (Å²) in [5.41, 5.74) is 3.94. The molecule has 1 aliphatic rings. The topological polar surface area (TPSA) is 94.5 Å². The van der Waals surface area contributed by atoms with E-state index in [4.69, 9.17) is 21.1 Å². The van der Waals surface area contributed by atoms with Gasteiger partial charge in [0.15, 0.2) is 11.5 Å². The van der Waals surface area contributed by atoms with Crippen LogP contribution in [0.2, 0.25) is 5.02 Å². The van der Waals surface area contributed by atoms with Crippen molar-refractivity contribution in [2.75, 3.05) is 24.9 Å². The zero-order chi connectivity index (χ0) is 23.7. The van der Waals surface area contributed by atoms with Crippen LogP contribution < -0.4 is 20.1 Å². The van der Waals surface area contributed by atoms with Gasteiger partial charge < -0.3 is 20.1 Å². The minimum Gasteiger partial charge on any atom is -0.493 e. The molecule has 0 saturated carbocycles. The first-order valence-corrected chi connectivity index (χ1v) is 10.9. The maximum Gasteiger partial charge on any atom is 0.251 e. The number of benzene rings is 2. The molecule has 33 heavy (non-hydrogen) atoms. The Morgan fingerprint density at radius 1 is 1.18 bits per heavy atom. The highest BCUT2D eigenvalue weighted by Gasteiger charge is 2.37. The van der Waals surface area contributed by atoms with Crippen LogP contribution in [0.25, 0.3) is 11.1 Å². The summed E-state index contributed by atoms with van der Waals surface area (Å²) in [7, 11) is 3.15. The number of anilines is 2. The fourth-order valence-corrected chi connectivity index (χ4v) is 4.24. The molecule has 3 aromatic rings. The van der Waals surface area contributed by atoms with Crippen molar-refractivity contribution in [3.63, 3.8) is 0 Å². The monoisotopic (exact) mass is 468 g/mol. The molecule has 2 aromatic carbocycles. The number of hydrogen-bond acceptors (Lipinski definition) is 5. The second-order valence-electron chi connectivity index (χ2n) is 7.78. The number of ether oxygens (including phenoxy) is 2. The fourth-order valence-electron chi connectivity index (χ4n) is 3.96. The lowest BCUT2D eigenvalue weighted by Gasteiger charge is -2.11. The number of rotatable bonds is 7. The SMILES string of the molecule is CCc1nn2c(c1-c1ccc(OC)c(OC)c1)NC(=O)C2CC(=O)Nc1ccc(C)cc1Cl. The molecule has 2 heterocycles.